The molecule has 0 fully saturated rings. The minimum Gasteiger partial charge on any atom is -0.239 e. The molecule has 3 nitrogen and oxygen atoms in total. The minimum absolute atomic E-state index is 0.667. The van der Waals surface area contributed by atoms with Gasteiger partial charge in [-0.15, -0.1) is 0 Å². The molecule has 1 aromatic carbocycles. The Morgan fingerprint density at radius 3 is 2.25 bits per heavy atom. The van der Waals surface area contributed by atoms with Crippen LogP contribution in [0.1, 0.15) is 13.8 Å². The van der Waals surface area contributed by atoms with Crippen molar-refractivity contribution in [2.75, 3.05) is 4.31 Å². The van der Waals surface area contributed by atoms with Gasteiger partial charge < -0.3 is 0 Å². The van der Waals surface area contributed by atoms with E-state index in [1.807, 2.05) is 24.3 Å². The second-order valence-corrected chi connectivity index (χ2v) is 5.42. The van der Waals surface area contributed by atoms with Crippen molar-refractivity contribution in [2.45, 2.75) is 13.8 Å². The number of para-hydroxylation sites is 1. The fraction of sp³-hybridized carbons (Fsp3) is 0.167. The largest absolute Gasteiger partial charge is 0.261 e. The first-order valence-electron chi connectivity index (χ1n) is 4.98. The van der Waals surface area contributed by atoms with Crippen LogP contribution in [-0.4, -0.2) is 8.42 Å². The van der Waals surface area contributed by atoms with Crippen LogP contribution in [0.5, 0.6) is 0 Å². The molecule has 0 bridgehead atoms. The number of hydrogen-bond acceptors (Lipinski definition) is 2. The number of hydrogen-bond donors (Lipinski definition) is 0. The maximum Gasteiger partial charge on any atom is 0.261 e. The van der Waals surface area contributed by atoms with Gasteiger partial charge in [0.1, 0.15) is 0 Å². The fourth-order valence-electron chi connectivity index (χ4n) is 1.82. The summed E-state index contributed by atoms with van der Waals surface area (Å²) in [5.41, 5.74) is 2.14. The van der Waals surface area contributed by atoms with Gasteiger partial charge in [-0.3, -0.25) is 0 Å². The van der Waals surface area contributed by atoms with E-state index in [2.05, 4.69) is 0 Å². The van der Waals surface area contributed by atoms with Crippen molar-refractivity contribution in [3.05, 3.63) is 53.1 Å². The minimum atomic E-state index is -3.37. The van der Waals surface area contributed by atoms with E-state index in [4.69, 9.17) is 0 Å². The zero-order chi connectivity index (χ0) is 11.8. The fourth-order valence-corrected chi connectivity index (χ4v) is 3.34. The van der Waals surface area contributed by atoms with Crippen LogP contribution in [-0.2, 0) is 10.0 Å². The van der Waals surface area contributed by atoms with Gasteiger partial charge in [-0.05, 0) is 37.6 Å². The van der Waals surface area contributed by atoms with Gasteiger partial charge in [0, 0.05) is 5.70 Å². The molecule has 0 radical (unpaired) electrons. The molecule has 1 aliphatic rings. The summed E-state index contributed by atoms with van der Waals surface area (Å²) in [7, 11) is -3.37. The van der Waals surface area contributed by atoms with Crippen molar-refractivity contribution in [1.29, 1.82) is 0 Å². The van der Waals surface area contributed by atoms with Crippen LogP contribution in [0.3, 0.4) is 0 Å². The molecule has 4 heteroatoms. The Kier molecular flexibility index (Phi) is 2.59. The second kappa shape index (κ2) is 3.79. The Morgan fingerprint density at radius 1 is 1.06 bits per heavy atom. The van der Waals surface area contributed by atoms with E-state index in [1.165, 1.54) is 9.71 Å². The molecule has 2 rings (SSSR count). The molecule has 0 spiro atoms. The molecule has 1 aliphatic heterocycles. The SMILES string of the molecule is CC1=CS(=O)(=O)N(c2ccccc2)C(C)=C1. The highest BCUT2D eigenvalue weighted by Gasteiger charge is 2.24. The van der Waals surface area contributed by atoms with E-state index in [9.17, 15) is 8.42 Å². The van der Waals surface area contributed by atoms with Gasteiger partial charge in [-0.1, -0.05) is 18.2 Å². The highest BCUT2D eigenvalue weighted by Crippen LogP contribution is 2.28. The lowest BCUT2D eigenvalue weighted by Gasteiger charge is -2.26. The Labute approximate surface area is 95.8 Å². The van der Waals surface area contributed by atoms with Crippen LogP contribution in [0.25, 0.3) is 0 Å². The van der Waals surface area contributed by atoms with Gasteiger partial charge in [0.2, 0.25) is 0 Å². The van der Waals surface area contributed by atoms with Crippen LogP contribution >= 0.6 is 0 Å². The molecule has 0 saturated carbocycles. The molecule has 0 amide bonds. The van der Waals surface area contributed by atoms with Crippen molar-refractivity contribution in [2.24, 2.45) is 0 Å². The van der Waals surface area contributed by atoms with Crippen LogP contribution < -0.4 is 4.31 Å². The third-order valence-electron chi connectivity index (χ3n) is 2.34. The summed E-state index contributed by atoms with van der Waals surface area (Å²) in [6.45, 7) is 3.57. The average molecular weight is 235 g/mol. The molecule has 1 aromatic rings. The van der Waals surface area contributed by atoms with Gasteiger partial charge in [0.25, 0.3) is 10.0 Å². The Hall–Kier alpha value is -1.55. The van der Waals surface area contributed by atoms with Gasteiger partial charge in [0.15, 0.2) is 0 Å². The van der Waals surface area contributed by atoms with Gasteiger partial charge in [0.05, 0.1) is 11.1 Å². The van der Waals surface area contributed by atoms with E-state index in [-0.39, 0.29) is 0 Å². The van der Waals surface area contributed by atoms with E-state index in [0.29, 0.717) is 11.4 Å². The zero-order valence-corrected chi connectivity index (χ0v) is 10.0. The van der Waals surface area contributed by atoms with Gasteiger partial charge in [-0.2, -0.15) is 0 Å². The number of benzene rings is 1. The summed E-state index contributed by atoms with van der Waals surface area (Å²) in [4.78, 5) is 0. The summed E-state index contributed by atoms with van der Waals surface area (Å²) in [6.07, 6.45) is 1.86. The van der Waals surface area contributed by atoms with Crippen molar-refractivity contribution >= 4 is 15.7 Å². The van der Waals surface area contributed by atoms with Crippen LogP contribution in [0, 0.1) is 0 Å². The first-order valence-corrected chi connectivity index (χ1v) is 6.48. The number of sulfonamides is 1. The molecule has 0 saturated heterocycles. The molecule has 1 heterocycles. The number of rotatable bonds is 1. The van der Waals surface area contributed by atoms with Crippen molar-refractivity contribution in [3.8, 4) is 0 Å². The second-order valence-electron chi connectivity index (χ2n) is 3.79. The molecular formula is C12H13NO2S. The van der Waals surface area contributed by atoms with Crippen molar-refractivity contribution in [1.82, 2.24) is 0 Å². The first kappa shape index (κ1) is 11.0. The Balaban J connectivity index is 2.55. The maximum atomic E-state index is 12.0. The van der Waals surface area contributed by atoms with E-state index in [1.54, 1.807) is 26.0 Å². The topological polar surface area (TPSA) is 37.4 Å². The number of allylic oxidation sites excluding steroid dienone is 3. The van der Waals surface area contributed by atoms with Gasteiger partial charge >= 0.3 is 0 Å². The third-order valence-corrected chi connectivity index (χ3v) is 4.01. The van der Waals surface area contributed by atoms with Gasteiger partial charge in [-0.25, -0.2) is 12.7 Å². The first-order chi connectivity index (χ1) is 7.50. The van der Waals surface area contributed by atoms with Crippen LogP contribution in [0.4, 0.5) is 5.69 Å². The predicted octanol–water partition coefficient (Wildman–Crippen LogP) is 2.64. The molecule has 0 aromatic heterocycles. The highest BCUT2D eigenvalue weighted by atomic mass is 32.2. The summed E-state index contributed by atoms with van der Waals surface area (Å²) >= 11 is 0. The molecular weight excluding hydrogens is 222 g/mol. The molecule has 0 N–H and O–H groups in total. The maximum absolute atomic E-state index is 12.0. The van der Waals surface area contributed by atoms with Crippen molar-refractivity contribution in [3.63, 3.8) is 0 Å². The Bertz CT molecular complexity index is 556. The third kappa shape index (κ3) is 1.88. The predicted molar refractivity (Wildman–Crippen MR) is 65.4 cm³/mol. The van der Waals surface area contributed by atoms with E-state index < -0.39 is 10.0 Å². The molecule has 0 unspecified atom stereocenters. The Morgan fingerprint density at radius 2 is 1.69 bits per heavy atom. The summed E-state index contributed by atoms with van der Waals surface area (Å²) in [5, 5.41) is 1.28. The summed E-state index contributed by atoms with van der Waals surface area (Å²) < 4.78 is 25.4. The smallest absolute Gasteiger partial charge is 0.239 e. The average Bonchev–Trinajstić information content (AvgIpc) is 2.15. The molecule has 0 atom stereocenters. The molecule has 84 valence electrons. The standard InChI is InChI=1S/C12H13NO2S/c1-10-8-11(2)13(16(14,15)9-10)12-6-4-3-5-7-12/h3-9H,1-2H3. The van der Waals surface area contributed by atoms with Crippen molar-refractivity contribution < 1.29 is 8.42 Å². The van der Waals surface area contributed by atoms with E-state index in [0.717, 1.165) is 5.57 Å². The zero-order valence-electron chi connectivity index (χ0n) is 9.21. The summed E-state index contributed by atoms with van der Waals surface area (Å²) in [6, 6.07) is 9.07. The lowest BCUT2D eigenvalue weighted by atomic mass is 10.2. The quantitative estimate of drug-likeness (QED) is 0.750. The van der Waals surface area contributed by atoms with E-state index >= 15 is 0 Å². The molecule has 0 aliphatic carbocycles. The van der Waals surface area contributed by atoms with Crippen LogP contribution in [0.2, 0.25) is 0 Å². The lowest BCUT2D eigenvalue weighted by molar-refractivity contribution is 0.602. The molecule has 16 heavy (non-hydrogen) atoms. The number of anilines is 1. The normalized spacial score (nSPS) is 19.0. The highest BCUT2D eigenvalue weighted by molar-refractivity contribution is 7.95. The number of nitrogens with zero attached hydrogens (tertiary/aromatic N) is 1. The monoisotopic (exact) mass is 235 g/mol. The van der Waals surface area contributed by atoms with Crippen LogP contribution in [0.15, 0.2) is 53.1 Å². The lowest BCUT2D eigenvalue weighted by Crippen LogP contribution is -2.29. The summed E-state index contributed by atoms with van der Waals surface area (Å²) in [5.74, 6) is 0.